The van der Waals surface area contributed by atoms with Crippen LogP contribution in [0.15, 0.2) is 0 Å². The van der Waals surface area contributed by atoms with Crippen molar-refractivity contribution in [1.82, 2.24) is 0 Å². The second-order valence-corrected chi connectivity index (χ2v) is 8.79. The predicted octanol–water partition coefficient (Wildman–Crippen LogP) is 3.36. The number of hydrogen-bond acceptors (Lipinski definition) is 2. The lowest BCUT2D eigenvalue weighted by Crippen LogP contribution is -2.57. The molecule has 16 heavy (non-hydrogen) atoms. The molecule has 2 nitrogen and oxygen atoms in total. The van der Waals surface area contributed by atoms with E-state index in [4.69, 9.17) is 11.1 Å². The lowest BCUT2D eigenvalue weighted by Gasteiger charge is -2.65. The fourth-order valence-corrected chi connectivity index (χ4v) is 7.32. The highest BCUT2D eigenvalue weighted by molar-refractivity contribution is 8.14. The molecule has 0 spiro atoms. The third-order valence-electron chi connectivity index (χ3n) is 4.90. The Morgan fingerprint density at radius 1 is 1.12 bits per heavy atom. The van der Waals surface area contributed by atoms with Crippen LogP contribution in [0.3, 0.4) is 0 Å². The summed E-state index contributed by atoms with van der Waals surface area (Å²) in [6, 6.07) is 0. The Balaban J connectivity index is 1.95. The first-order valence-electron chi connectivity index (χ1n) is 6.35. The summed E-state index contributed by atoms with van der Waals surface area (Å²) in [7, 11) is 0. The fraction of sp³-hybridized carbons (Fsp3) is 0.923. The Bertz CT molecular complexity index is 334. The predicted molar refractivity (Wildman–Crippen MR) is 69.6 cm³/mol. The lowest BCUT2D eigenvalue weighted by molar-refractivity contribution is -0.0774. The molecular weight excluding hydrogens is 216 g/mol. The SMILES string of the molecule is CC12CC3CC(C)(C1)CC(SC(=N)N)(C3)C2. The average molecular weight is 238 g/mol. The summed E-state index contributed by atoms with van der Waals surface area (Å²) < 4.78 is 0.314. The number of amidine groups is 1. The highest BCUT2D eigenvalue weighted by Crippen LogP contribution is 2.69. The molecule has 0 aromatic heterocycles. The van der Waals surface area contributed by atoms with Crippen LogP contribution in [0.25, 0.3) is 0 Å². The smallest absolute Gasteiger partial charge is 0.151 e. The minimum absolute atomic E-state index is 0.314. The second kappa shape index (κ2) is 2.98. The molecular formula is C13H22N2S. The summed E-state index contributed by atoms with van der Waals surface area (Å²) in [4.78, 5) is 0. The van der Waals surface area contributed by atoms with E-state index in [0.717, 1.165) is 5.92 Å². The van der Waals surface area contributed by atoms with Crippen LogP contribution in [0.5, 0.6) is 0 Å². The van der Waals surface area contributed by atoms with Gasteiger partial charge in [-0.05, 0) is 55.3 Å². The quantitative estimate of drug-likeness (QED) is 0.543. The van der Waals surface area contributed by atoms with Gasteiger partial charge in [0.2, 0.25) is 0 Å². The van der Waals surface area contributed by atoms with Crippen LogP contribution in [-0.2, 0) is 0 Å². The van der Waals surface area contributed by atoms with Gasteiger partial charge < -0.3 is 5.73 Å². The normalized spacial score (nSPS) is 54.2. The van der Waals surface area contributed by atoms with Crippen LogP contribution >= 0.6 is 11.8 Å². The maximum atomic E-state index is 7.60. The van der Waals surface area contributed by atoms with Gasteiger partial charge in [0, 0.05) is 4.75 Å². The van der Waals surface area contributed by atoms with E-state index < -0.39 is 0 Å². The van der Waals surface area contributed by atoms with E-state index in [0.29, 0.717) is 20.7 Å². The molecule has 0 aliphatic heterocycles. The van der Waals surface area contributed by atoms with Gasteiger partial charge in [0.05, 0.1) is 0 Å². The number of nitrogens with one attached hydrogen (secondary N) is 1. The Morgan fingerprint density at radius 3 is 2.12 bits per heavy atom. The molecule has 3 N–H and O–H groups in total. The Kier molecular flexibility index (Phi) is 2.04. The third kappa shape index (κ3) is 1.59. The van der Waals surface area contributed by atoms with Gasteiger partial charge in [0.25, 0.3) is 0 Å². The van der Waals surface area contributed by atoms with Gasteiger partial charge in [-0.15, -0.1) is 0 Å². The van der Waals surface area contributed by atoms with Crippen LogP contribution < -0.4 is 5.73 Å². The number of thioether (sulfide) groups is 1. The van der Waals surface area contributed by atoms with Gasteiger partial charge in [-0.25, -0.2) is 0 Å². The molecule has 0 amide bonds. The molecule has 0 radical (unpaired) electrons. The van der Waals surface area contributed by atoms with Crippen molar-refractivity contribution >= 4 is 16.9 Å². The summed E-state index contributed by atoms with van der Waals surface area (Å²) in [5.74, 6) is 0.901. The van der Waals surface area contributed by atoms with E-state index >= 15 is 0 Å². The molecule has 4 aliphatic carbocycles. The Labute approximate surface area is 102 Å². The molecule has 0 aromatic carbocycles. The lowest BCUT2D eigenvalue weighted by atomic mass is 9.45. The largest absolute Gasteiger partial charge is 0.379 e. The van der Waals surface area contributed by atoms with E-state index in [2.05, 4.69) is 13.8 Å². The van der Waals surface area contributed by atoms with Crippen molar-refractivity contribution in [3.05, 3.63) is 0 Å². The van der Waals surface area contributed by atoms with Crippen LogP contribution in [0.1, 0.15) is 52.4 Å². The van der Waals surface area contributed by atoms with E-state index in [1.54, 1.807) is 11.8 Å². The van der Waals surface area contributed by atoms with Gasteiger partial charge in [0.1, 0.15) is 0 Å². The Morgan fingerprint density at radius 2 is 1.69 bits per heavy atom. The summed E-state index contributed by atoms with van der Waals surface area (Å²) in [5.41, 5.74) is 6.72. The van der Waals surface area contributed by atoms with Gasteiger partial charge in [0.15, 0.2) is 5.17 Å². The van der Waals surface area contributed by atoms with Crippen molar-refractivity contribution < 1.29 is 0 Å². The van der Waals surface area contributed by atoms with Crippen molar-refractivity contribution in [2.75, 3.05) is 0 Å². The van der Waals surface area contributed by atoms with E-state index in [1.165, 1.54) is 38.5 Å². The van der Waals surface area contributed by atoms with Crippen LogP contribution in [-0.4, -0.2) is 9.91 Å². The van der Waals surface area contributed by atoms with E-state index in [-0.39, 0.29) is 0 Å². The summed E-state index contributed by atoms with van der Waals surface area (Å²) in [6.07, 6.45) is 8.12. The summed E-state index contributed by atoms with van der Waals surface area (Å²) in [5, 5.41) is 7.93. The monoisotopic (exact) mass is 238 g/mol. The molecule has 3 heteroatoms. The molecule has 4 bridgehead atoms. The number of nitrogens with two attached hydrogens (primary N) is 1. The van der Waals surface area contributed by atoms with Crippen molar-refractivity contribution in [3.63, 3.8) is 0 Å². The van der Waals surface area contributed by atoms with Crippen molar-refractivity contribution in [2.45, 2.75) is 57.1 Å². The average Bonchev–Trinajstić information content (AvgIpc) is 1.91. The molecule has 2 unspecified atom stereocenters. The van der Waals surface area contributed by atoms with Gasteiger partial charge >= 0.3 is 0 Å². The third-order valence-corrected chi connectivity index (χ3v) is 6.01. The Hall–Kier alpha value is -0.180. The minimum Gasteiger partial charge on any atom is -0.379 e. The number of hydrogen-bond donors (Lipinski definition) is 2. The van der Waals surface area contributed by atoms with Crippen LogP contribution in [0.2, 0.25) is 0 Å². The zero-order valence-electron chi connectivity index (χ0n) is 10.3. The van der Waals surface area contributed by atoms with Gasteiger partial charge in [-0.1, -0.05) is 25.6 Å². The summed E-state index contributed by atoms with van der Waals surface area (Å²) in [6.45, 7) is 4.93. The van der Waals surface area contributed by atoms with Crippen LogP contribution in [0.4, 0.5) is 0 Å². The molecule has 2 atom stereocenters. The first kappa shape index (κ1) is 10.9. The molecule has 0 heterocycles. The summed E-state index contributed by atoms with van der Waals surface area (Å²) >= 11 is 1.67. The first-order chi connectivity index (χ1) is 7.32. The van der Waals surface area contributed by atoms with Gasteiger partial charge in [-0.3, -0.25) is 5.41 Å². The van der Waals surface area contributed by atoms with Crippen molar-refractivity contribution in [2.24, 2.45) is 22.5 Å². The zero-order chi connectivity index (χ0) is 11.6. The molecule has 0 saturated heterocycles. The van der Waals surface area contributed by atoms with Gasteiger partial charge in [-0.2, -0.15) is 0 Å². The van der Waals surface area contributed by atoms with Crippen LogP contribution in [0, 0.1) is 22.2 Å². The van der Waals surface area contributed by atoms with Crippen molar-refractivity contribution in [3.8, 4) is 0 Å². The van der Waals surface area contributed by atoms with E-state index in [9.17, 15) is 0 Å². The molecule has 4 fully saturated rings. The fourth-order valence-electron chi connectivity index (χ4n) is 5.69. The molecule has 4 aliphatic rings. The molecule has 4 rings (SSSR count). The standard InChI is InChI=1S/C13H22N2S/c1-11-3-9-4-12(2,6-11)8-13(5-9,7-11)16-10(14)15/h9H,3-8H2,1-2H3,(H3,14,15). The molecule has 0 aromatic rings. The highest BCUT2D eigenvalue weighted by atomic mass is 32.2. The number of rotatable bonds is 1. The molecule has 4 saturated carbocycles. The highest BCUT2D eigenvalue weighted by Gasteiger charge is 2.60. The second-order valence-electron chi connectivity index (χ2n) is 7.28. The first-order valence-corrected chi connectivity index (χ1v) is 7.17. The zero-order valence-corrected chi connectivity index (χ0v) is 11.1. The minimum atomic E-state index is 0.314. The topological polar surface area (TPSA) is 49.9 Å². The van der Waals surface area contributed by atoms with Crippen molar-refractivity contribution in [1.29, 1.82) is 5.41 Å². The molecule has 90 valence electrons. The maximum Gasteiger partial charge on any atom is 0.151 e. The van der Waals surface area contributed by atoms with E-state index in [1.807, 2.05) is 0 Å². The maximum absolute atomic E-state index is 7.60.